The standard InChI is InChI=1S/C24H21ClF2N8O2/c25-15-2-4-18(34-11-30-32-33-34)21(23(15)27)12-7-13-1-3-19(35(13)20(37)8-12)24-29-9-16(31-24)14-5-6-28-17(10-36)22(14)26/h2,4-6,9,11-13,19,36H,1,3,7-8,10H2,(H,29,31)/t12-,13-,19+/m1/s1. The van der Waals surface area contributed by atoms with E-state index >= 15 is 4.39 Å². The van der Waals surface area contributed by atoms with Crippen molar-refractivity contribution in [1.82, 2.24) is 40.1 Å². The summed E-state index contributed by atoms with van der Waals surface area (Å²) in [4.78, 5) is 26.7. The van der Waals surface area contributed by atoms with Crippen LogP contribution in [0.5, 0.6) is 0 Å². The van der Waals surface area contributed by atoms with Gasteiger partial charge in [-0.05, 0) is 53.8 Å². The molecule has 0 radical (unpaired) electrons. The van der Waals surface area contributed by atoms with E-state index in [-0.39, 0.29) is 40.7 Å². The van der Waals surface area contributed by atoms with Crippen molar-refractivity contribution >= 4 is 17.5 Å². The molecule has 1 amide bonds. The summed E-state index contributed by atoms with van der Waals surface area (Å²) in [5.74, 6) is -1.17. The number of tetrazole rings is 1. The molecule has 5 heterocycles. The van der Waals surface area contributed by atoms with Gasteiger partial charge >= 0.3 is 0 Å². The molecule has 2 aliphatic heterocycles. The number of hydrogen-bond acceptors (Lipinski definition) is 7. The maximum atomic E-state index is 15.3. The minimum absolute atomic E-state index is 0.0261. The van der Waals surface area contributed by atoms with Crippen LogP contribution in [-0.2, 0) is 11.4 Å². The SMILES string of the molecule is O=C1C[C@H](c2c(-n3cnnn3)ccc(Cl)c2F)C[C@H]2CC[C@@H](c3ncc(-c4ccnc(CO)c4F)[nH]3)N12. The average Bonchev–Trinajstić information content (AvgIpc) is 3.66. The number of aliphatic hydroxyl groups is 1. The van der Waals surface area contributed by atoms with Gasteiger partial charge in [-0.1, -0.05) is 11.6 Å². The van der Waals surface area contributed by atoms with Crippen molar-refractivity contribution in [3.63, 3.8) is 0 Å². The quantitative estimate of drug-likeness (QED) is 0.408. The third-order valence-electron chi connectivity index (χ3n) is 7.19. The number of aromatic nitrogens is 7. The zero-order chi connectivity index (χ0) is 25.7. The van der Waals surface area contributed by atoms with Crippen LogP contribution < -0.4 is 0 Å². The molecule has 2 saturated heterocycles. The van der Waals surface area contributed by atoms with Gasteiger partial charge in [-0.25, -0.2) is 18.4 Å². The van der Waals surface area contributed by atoms with Crippen LogP contribution in [-0.4, -0.2) is 57.1 Å². The smallest absolute Gasteiger partial charge is 0.224 e. The monoisotopic (exact) mass is 526 g/mol. The molecule has 10 nitrogen and oxygen atoms in total. The summed E-state index contributed by atoms with van der Waals surface area (Å²) in [6.07, 6.45) is 6.31. The summed E-state index contributed by atoms with van der Waals surface area (Å²) < 4.78 is 31.4. The van der Waals surface area contributed by atoms with Crippen molar-refractivity contribution in [1.29, 1.82) is 0 Å². The van der Waals surface area contributed by atoms with E-state index in [0.717, 1.165) is 0 Å². The number of carbonyl (C=O) groups is 1. The molecule has 37 heavy (non-hydrogen) atoms. The van der Waals surface area contributed by atoms with Crippen LogP contribution in [0.3, 0.4) is 0 Å². The lowest BCUT2D eigenvalue weighted by Crippen LogP contribution is -2.43. The van der Waals surface area contributed by atoms with Gasteiger partial charge in [0.25, 0.3) is 0 Å². The summed E-state index contributed by atoms with van der Waals surface area (Å²) in [7, 11) is 0. The molecule has 6 rings (SSSR count). The number of nitrogens with one attached hydrogen (secondary N) is 1. The first-order valence-corrected chi connectivity index (χ1v) is 12.2. The fraction of sp³-hybridized carbons (Fsp3) is 0.333. The summed E-state index contributed by atoms with van der Waals surface area (Å²) in [5.41, 5.74) is 1.39. The summed E-state index contributed by atoms with van der Waals surface area (Å²) in [6.45, 7) is -0.517. The zero-order valence-corrected chi connectivity index (χ0v) is 20.1. The highest BCUT2D eigenvalue weighted by molar-refractivity contribution is 6.30. The number of carbonyl (C=O) groups excluding carboxylic acids is 1. The summed E-state index contributed by atoms with van der Waals surface area (Å²) in [6, 6.07) is 4.17. The minimum Gasteiger partial charge on any atom is -0.390 e. The van der Waals surface area contributed by atoms with Crippen LogP contribution in [0.15, 0.2) is 36.9 Å². The molecule has 1 aromatic carbocycles. The molecule has 0 spiro atoms. The number of amides is 1. The van der Waals surface area contributed by atoms with Gasteiger partial charge < -0.3 is 15.0 Å². The Morgan fingerprint density at radius 1 is 1.16 bits per heavy atom. The number of nitrogens with zero attached hydrogens (tertiary/aromatic N) is 7. The van der Waals surface area contributed by atoms with Crippen molar-refractivity contribution in [2.24, 2.45) is 0 Å². The maximum absolute atomic E-state index is 15.3. The topological polar surface area (TPSA) is 126 Å². The highest BCUT2D eigenvalue weighted by Crippen LogP contribution is 2.46. The van der Waals surface area contributed by atoms with E-state index in [1.165, 1.54) is 35.5 Å². The van der Waals surface area contributed by atoms with Crippen molar-refractivity contribution < 1.29 is 18.7 Å². The Morgan fingerprint density at radius 3 is 2.81 bits per heavy atom. The fourth-order valence-electron chi connectivity index (χ4n) is 5.57. The second kappa shape index (κ2) is 9.27. The van der Waals surface area contributed by atoms with E-state index in [9.17, 15) is 14.3 Å². The Kier molecular flexibility index (Phi) is 5.92. The summed E-state index contributed by atoms with van der Waals surface area (Å²) in [5, 5.41) is 20.5. The second-order valence-corrected chi connectivity index (χ2v) is 9.60. The third kappa shape index (κ3) is 3.96. The summed E-state index contributed by atoms with van der Waals surface area (Å²) >= 11 is 6.11. The van der Waals surface area contributed by atoms with E-state index in [1.807, 2.05) is 0 Å². The van der Waals surface area contributed by atoms with Gasteiger partial charge in [0.15, 0.2) is 5.82 Å². The zero-order valence-electron chi connectivity index (χ0n) is 19.4. The number of aliphatic hydroxyl groups excluding tert-OH is 1. The first-order chi connectivity index (χ1) is 18.0. The Labute approximate surface area is 214 Å². The average molecular weight is 527 g/mol. The largest absolute Gasteiger partial charge is 0.390 e. The molecule has 2 aliphatic rings. The molecule has 0 unspecified atom stereocenters. The van der Waals surface area contributed by atoms with Crippen LogP contribution in [0.1, 0.15) is 54.7 Å². The molecule has 3 aromatic heterocycles. The predicted octanol–water partition coefficient (Wildman–Crippen LogP) is 3.48. The van der Waals surface area contributed by atoms with E-state index in [2.05, 4.69) is 30.5 Å². The van der Waals surface area contributed by atoms with E-state index in [1.54, 1.807) is 11.0 Å². The molecule has 190 valence electrons. The van der Waals surface area contributed by atoms with Gasteiger partial charge in [-0.3, -0.25) is 9.78 Å². The molecule has 3 atom stereocenters. The lowest BCUT2D eigenvalue weighted by Gasteiger charge is -2.38. The van der Waals surface area contributed by atoms with Gasteiger partial charge in [0.05, 0.1) is 35.2 Å². The van der Waals surface area contributed by atoms with Crippen LogP contribution in [0.4, 0.5) is 8.78 Å². The fourth-order valence-corrected chi connectivity index (χ4v) is 5.74. The minimum atomic E-state index is -0.622. The Hall–Kier alpha value is -3.77. The number of rotatable bonds is 5. The van der Waals surface area contributed by atoms with Gasteiger partial charge in [0.1, 0.15) is 23.7 Å². The molecule has 0 saturated carbocycles. The Balaban J connectivity index is 1.28. The molecular formula is C24H21ClF2N8O2. The first kappa shape index (κ1) is 23.6. The van der Waals surface area contributed by atoms with Crippen LogP contribution in [0.25, 0.3) is 16.9 Å². The van der Waals surface area contributed by atoms with Crippen molar-refractivity contribution in [2.75, 3.05) is 0 Å². The number of imidazole rings is 1. The Bertz CT molecular complexity index is 1480. The molecule has 0 aliphatic carbocycles. The van der Waals surface area contributed by atoms with Gasteiger partial charge in [0, 0.05) is 29.8 Å². The Morgan fingerprint density at radius 2 is 2.03 bits per heavy atom. The van der Waals surface area contributed by atoms with Crippen molar-refractivity contribution in [2.45, 2.75) is 50.3 Å². The highest BCUT2D eigenvalue weighted by atomic mass is 35.5. The van der Waals surface area contributed by atoms with Crippen molar-refractivity contribution in [3.8, 4) is 16.9 Å². The number of H-pyrrole nitrogens is 1. The number of fused-ring (bicyclic) bond motifs is 1. The number of halogens is 3. The van der Waals surface area contributed by atoms with E-state index < -0.39 is 24.2 Å². The maximum Gasteiger partial charge on any atom is 0.224 e. The molecule has 13 heteroatoms. The second-order valence-electron chi connectivity index (χ2n) is 9.19. The third-order valence-corrected chi connectivity index (χ3v) is 7.49. The molecule has 2 fully saturated rings. The molecule has 0 bridgehead atoms. The van der Waals surface area contributed by atoms with E-state index in [4.69, 9.17) is 11.6 Å². The lowest BCUT2D eigenvalue weighted by molar-refractivity contribution is -0.137. The van der Waals surface area contributed by atoms with E-state index in [0.29, 0.717) is 42.0 Å². The lowest BCUT2D eigenvalue weighted by atomic mass is 9.84. The van der Waals surface area contributed by atoms with Gasteiger partial charge in [-0.15, -0.1) is 5.10 Å². The predicted molar refractivity (Wildman–Crippen MR) is 126 cm³/mol. The number of pyridine rings is 1. The van der Waals surface area contributed by atoms with Crippen molar-refractivity contribution in [3.05, 3.63) is 70.7 Å². The van der Waals surface area contributed by atoms with Gasteiger partial charge in [-0.2, -0.15) is 0 Å². The highest BCUT2D eigenvalue weighted by Gasteiger charge is 2.45. The van der Waals surface area contributed by atoms with Crippen LogP contribution in [0.2, 0.25) is 5.02 Å². The first-order valence-electron chi connectivity index (χ1n) is 11.8. The van der Waals surface area contributed by atoms with Crippen LogP contribution in [0, 0.1) is 11.6 Å². The molecule has 4 aromatic rings. The number of piperidine rings is 1. The number of aromatic amines is 1. The van der Waals surface area contributed by atoms with Gasteiger partial charge in [0.2, 0.25) is 5.91 Å². The molecule has 2 N–H and O–H groups in total. The number of benzene rings is 1. The molecular weight excluding hydrogens is 506 g/mol. The van der Waals surface area contributed by atoms with Crippen LogP contribution >= 0.6 is 11.6 Å². The number of hydrogen-bond donors (Lipinski definition) is 2. The normalized spacial score (nSPS) is 21.5.